The van der Waals surface area contributed by atoms with Gasteiger partial charge in [0.15, 0.2) is 0 Å². The zero-order valence-corrected chi connectivity index (χ0v) is 16.3. The molecule has 3 amide bonds. The Morgan fingerprint density at radius 2 is 1.82 bits per heavy atom. The predicted molar refractivity (Wildman–Crippen MR) is 109 cm³/mol. The molecule has 146 valence electrons. The molecule has 2 aromatic rings. The zero-order valence-electron chi connectivity index (χ0n) is 16.3. The van der Waals surface area contributed by atoms with Gasteiger partial charge >= 0.3 is 0 Å². The molecular formula is C22H25N3O3. The van der Waals surface area contributed by atoms with Gasteiger partial charge in [0.2, 0.25) is 11.8 Å². The zero-order chi connectivity index (χ0) is 20.1. The maximum Gasteiger partial charge on any atom is 0.256 e. The summed E-state index contributed by atoms with van der Waals surface area (Å²) in [5, 5.41) is 2.88. The largest absolute Gasteiger partial charge is 0.332 e. The highest BCUT2D eigenvalue weighted by Crippen LogP contribution is 2.26. The van der Waals surface area contributed by atoms with Crippen LogP contribution in [0.1, 0.15) is 35.7 Å². The summed E-state index contributed by atoms with van der Waals surface area (Å²) in [7, 11) is 1.59. The molecule has 0 spiro atoms. The number of carbonyl (C=O) groups is 3. The molecule has 1 heterocycles. The van der Waals surface area contributed by atoms with Crippen molar-refractivity contribution in [2.45, 2.75) is 26.2 Å². The Kier molecular flexibility index (Phi) is 6.09. The number of hydrogen-bond donors (Lipinski definition) is 1. The van der Waals surface area contributed by atoms with E-state index in [0.717, 1.165) is 24.1 Å². The first kappa shape index (κ1) is 19.6. The molecule has 1 N–H and O–H groups in total. The van der Waals surface area contributed by atoms with E-state index in [1.165, 1.54) is 4.90 Å². The van der Waals surface area contributed by atoms with Crippen molar-refractivity contribution in [2.24, 2.45) is 0 Å². The number of aryl methyl sites for hydroxylation is 1. The summed E-state index contributed by atoms with van der Waals surface area (Å²) < 4.78 is 0. The van der Waals surface area contributed by atoms with Gasteiger partial charge in [-0.05, 0) is 36.6 Å². The van der Waals surface area contributed by atoms with Gasteiger partial charge in [-0.25, -0.2) is 0 Å². The number of anilines is 2. The number of hydrogen-bond acceptors (Lipinski definition) is 3. The Bertz CT molecular complexity index is 894. The molecule has 1 fully saturated rings. The smallest absolute Gasteiger partial charge is 0.256 e. The lowest BCUT2D eigenvalue weighted by molar-refractivity contribution is -0.117. The Morgan fingerprint density at radius 3 is 2.54 bits per heavy atom. The molecule has 1 aliphatic rings. The summed E-state index contributed by atoms with van der Waals surface area (Å²) >= 11 is 0. The van der Waals surface area contributed by atoms with Crippen LogP contribution in [-0.4, -0.2) is 42.8 Å². The predicted octanol–water partition coefficient (Wildman–Crippen LogP) is 3.09. The fourth-order valence-electron chi connectivity index (χ4n) is 3.43. The van der Waals surface area contributed by atoms with Crippen molar-refractivity contribution < 1.29 is 14.4 Å². The van der Waals surface area contributed by atoms with Crippen molar-refractivity contribution in [3.63, 3.8) is 0 Å². The minimum Gasteiger partial charge on any atom is -0.332 e. The Balaban J connectivity index is 1.71. The molecular weight excluding hydrogens is 354 g/mol. The monoisotopic (exact) mass is 379 g/mol. The van der Waals surface area contributed by atoms with E-state index in [1.807, 2.05) is 37.3 Å². The number of nitrogens with one attached hydrogen (secondary N) is 1. The lowest BCUT2D eigenvalue weighted by Crippen LogP contribution is -2.36. The summed E-state index contributed by atoms with van der Waals surface area (Å²) in [6.07, 6.45) is 2.09. The average molecular weight is 379 g/mol. The molecule has 0 saturated carbocycles. The Hall–Kier alpha value is -3.15. The highest BCUT2D eigenvalue weighted by molar-refractivity contribution is 6.06. The summed E-state index contributed by atoms with van der Waals surface area (Å²) in [4.78, 5) is 40.5. The van der Waals surface area contributed by atoms with Gasteiger partial charge < -0.3 is 15.1 Å². The van der Waals surface area contributed by atoms with Gasteiger partial charge in [0.25, 0.3) is 5.91 Å². The molecule has 1 saturated heterocycles. The second kappa shape index (κ2) is 8.69. The van der Waals surface area contributed by atoms with Crippen LogP contribution in [0.15, 0.2) is 48.5 Å². The molecule has 2 aromatic carbocycles. The van der Waals surface area contributed by atoms with Crippen LogP contribution in [-0.2, 0) is 16.0 Å². The quantitative estimate of drug-likeness (QED) is 0.839. The van der Waals surface area contributed by atoms with Gasteiger partial charge in [-0.2, -0.15) is 0 Å². The summed E-state index contributed by atoms with van der Waals surface area (Å²) in [6, 6.07) is 14.7. The SMILES string of the molecule is CCc1ccccc1NC(=O)CN(C)C(=O)c1ccccc1N1CCCC1=O. The molecule has 0 unspecified atom stereocenters. The molecule has 0 radical (unpaired) electrons. The van der Waals surface area contributed by atoms with Gasteiger partial charge in [0, 0.05) is 25.7 Å². The van der Waals surface area contributed by atoms with Gasteiger partial charge in [-0.15, -0.1) is 0 Å². The van der Waals surface area contributed by atoms with E-state index in [1.54, 1.807) is 30.1 Å². The van der Waals surface area contributed by atoms with E-state index in [4.69, 9.17) is 0 Å². The molecule has 3 rings (SSSR count). The van der Waals surface area contributed by atoms with E-state index in [9.17, 15) is 14.4 Å². The minimum absolute atomic E-state index is 0.0248. The lowest BCUT2D eigenvalue weighted by atomic mass is 10.1. The van der Waals surface area contributed by atoms with E-state index in [0.29, 0.717) is 24.2 Å². The van der Waals surface area contributed by atoms with Crippen molar-refractivity contribution in [3.8, 4) is 0 Å². The molecule has 6 nitrogen and oxygen atoms in total. The van der Waals surface area contributed by atoms with Crippen LogP contribution in [0.5, 0.6) is 0 Å². The number of likely N-dealkylation sites (N-methyl/N-ethyl adjacent to an activating group) is 1. The summed E-state index contributed by atoms with van der Waals surface area (Å²) in [5.74, 6) is -0.516. The van der Waals surface area contributed by atoms with Gasteiger partial charge in [-0.3, -0.25) is 14.4 Å². The van der Waals surface area contributed by atoms with Crippen LogP contribution >= 0.6 is 0 Å². The average Bonchev–Trinajstić information content (AvgIpc) is 3.13. The lowest BCUT2D eigenvalue weighted by Gasteiger charge is -2.23. The Morgan fingerprint density at radius 1 is 1.11 bits per heavy atom. The van der Waals surface area contributed by atoms with Crippen LogP contribution in [0.4, 0.5) is 11.4 Å². The van der Waals surface area contributed by atoms with Gasteiger partial charge in [0.1, 0.15) is 0 Å². The number of amides is 3. The van der Waals surface area contributed by atoms with E-state index < -0.39 is 0 Å². The van der Waals surface area contributed by atoms with Crippen molar-refractivity contribution >= 4 is 29.1 Å². The molecule has 0 atom stereocenters. The fraction of sp³-hybridized carbons (Fsp3) is 0.318. The highest BCUT2D eigenvalue weighted by atomic mass is 16.2. The standard InChI is InChI=1S/C22H25N3O3/c1-3-16-9-4-6-11-18(16)23-20(26)15-24(2)22(28)17-10-5-7-12-19(17)25-14-8-13-21(25)27/h4-7,9-12H,3,8,13-15H2,1-2H3,(H,23,26). The molecule has 1 aliphatic heterocycles. The van der Waals surface area contributed by atoms with Crippen LogP contribution in [0.2, 0.25) is 0 Å². The second-order valence-corrected chi connectivity index (χ2v) is 6.89. The van der Waals surface area contributed by atoms with Crippen molar-refractivity contribution in [1.82, 2.24) is 4.90 Å². The van der Waals surface area contributed by atoms with E-state index >= 15 is 0 Å². The van der Waals surface area contributed by atoms with Crippen LogP contribution in [0, 0.1) is 0 Å². The topological polar surface area (TPSA) is 69.7 Å². The first-order valence-electron chi connectivity index (χ1n) is 9.54. The number of para-hydroxylation sites is 2. The van der Waals surface area contributed by atoms with Crippen LogP contribution in [0.25, 0.3) is 0 Å². The van der Waals surface area contributed by atoms with Crippen LogP contribution in [0.3, 0.4) is 0 Å². The number of carbonyl (C=O) groups excluding carboxylic acids is 3. The van der Waals surface area contributed by atoms with E-state index in [2.05, 4.69) is 5.32 Å². The highest BCUT2D eigenvalue weighted by Gasteiger charge is 2.27. The molecule has 0 bridgehead atoms. The van der Waals surface area contributed by atoms with Crippen LogP contribution < -0.4 is 10.2 Å². The third-order valence-corrected chi connectivity index (χ3v) is 4.90. The number of benzene rings is 2. The van der Waals surface area contributed by atoms with Gasteiger partial charge in [-0.1, -0.05) is 37.3 Å². The molecule has 0 aliphatic carbocycles. The molecule has 28 heavy (non-hydrogen) atoms. The fourth-order valence-corrected chi connectivity index (χ4v) is 3.43. The normalized spacial score (nSPS) is 13.5. The van der Waals surface area contributed by atoms with E-state index in [-0.39, 0.29) is 24.3 Å². The third kappa shape index (κ3) is 4.22. The summed E-state index contributed by atoms with van der Waals surface area (Å²) in [5.41, 5.74) is 2.85. The maximum absolute atomic E-state index is 12.9. The summed E-state index contributed by atoms with van der Waals surface area (Å²) in [6.45, 7) is 2.57. The minimum atomic E-state index is -0.283. The first-order valence-corrected chi connectivity index (χ1v) is 9.54. The molecule has 6 heteroatoms. The number of rotatable bonds is 6. The van der Waals surface area contributed by atoms with Gasteiger partial charge in [0.05, 0.1) is 17.8 Å². The van der Waals surface area contributed by atoms with Crippen molar-refractivity contribution in [1.29, 1.82) is 0 Å². The molecule has 0 aromatic heterocycles. The first-order chi connectivity index (χ1) is 13.5. The van der Waals surface area contributed by atoms with Crippen molar-refractivity contribution in [2.75, 3.05) is 30.4 Å². The van der Waals surface area contributed by atoms with Crippen molar-refractivity contribution in [3.05, 3.63) is 59.7 Å². The second-order valence-electron chi connectivity index (χ2n) is 6.89. The maximum atomic E-state index is 12.9. The number of nitrogens with zero attached hydrogens (tertiary/aromatic N) is 2. The third-order valence-electron chi connectivity index (χ3n) is 4.90. The Labute approximate surface area is 165 Å².